The first-order chi connectivity index (χ1) is 11.3. The molecule has 126 valence electrons. The summed E-state index contributed by atoms with van der Waals surface area (Å²) in [6.45, 7) is 5.25. The van der Waals surface area contributed by atoms with Crippen LogP contribution in [-0.4, -0.2) is 18.0 Å². The molecule has 0 fully saturated rings. The summed E-state index contributed by atoms with van der Waals surface area (Å²) in [5, 5.41) is 2.77. The molecule has 4 nitrogen and oxygen atoms in total. The van der Waals surface area contributed by atoms with Gasteiger partial charge in [0.25, 0.3) is 5.91 Å². The number of carbonyl (C=O) groups excluding carboxylic acids is 2. The largest absolute Gasteiger partial charge is 0.449 e. The maximum atomic E-state index is 13.1. The zero-order chi connectivity index (χ0) is 17.9. The normalized spacial score (nSPS) is 11.7. The number of nitrogens with one attached hydrogen (secondary N) is 1. The Morgan fingerprint density at radius 3 is 2.38 bits per heavy atom. The topological polar surface area (TPSA) is 55.4 Å². The van der Waals surface area contributed by atoms with Crippen LogP contribution >= 0.6 is 15.9 Å². The molecule has 0 bridgehead atoms. The number of benzene rings is 2. The van der Waals surface area contributed by atoms with E-state index in [4.69, 9.17) is 4.74 Å². The minimum atomic E-state index is -0.992. The van der Waals surface area contributed by atoms with Gasteiger partial charge in [0.2, 0.25) is 0 Å². The maximum Gasteiger partial charge on any atom is 0.340 e. The highest BCUT2D eigenvalue weighted by Crippen LogP contribution is 2.21. The number of anilines is 1. The molecule has 24 heavy (non-hydrogen) atoms. The van der Waals surface area contributed by atoms with Crippen molar-refractivity contribution in [2.75, 3.05) is 5.32 Å². The lowest BCUT2D eigenvalue weighted by atomic mass is 10.1. The summed E-state index contributed by atoms with van der Waals surface area (Å²) in [5.41, 5.74) is 2.70. The van der Waals surface area contributed by atoms with Crippen molar-refractivity contribution in [1.82, 2.24) is 0 Å². The molecule has 1 N–H and O–H groups in total. The number of para-hydroxylation sites is 1. The summed E-state index contributed by atoms with van der Waals surface area (Å²) in [6.07, 6.45) is -0.992. The van der Waals surface area contributed by atoms with Gasteiger partial charge < -0.3 is 10.1 Å². The van der Waals surface area contributed by atoms with Crippen LogP contribution in [0.15, 0.2) is 40.9 Å². The van der Waals surface area contributed by atoms with Crippen LogP contribution in [0.1, 0.15) is 28.4 Å². The van der Waals surface area contributed by atoms with E-state index in [-0.39, 0.29) is 10.0 Å². The summed E-state index contributed by atoms with van der Waals surface area (Å²) < 4.78 is 18.5. The zero-order valence-electron chi connectivity index (χ0n) is 13.5. The number of esters is 1. The first-order valence-corrected chi connectivity index (χ1v) is 8.12. The van der Waals surface area contributed by atoms with E-state index in [0.717, 1.165) is 23.3 Å². The minimum Gasteiger partial charge on any atom is -0.449 e. The van der Waals surface area contributed by atoms with E-state index in [0.29, 0.717) is 5.69 Å². The second-order valence-electron chi connectivity index (χ2n) is 5.43. The summed E-state index contributed by atoms with van der Waals surface area (Å²) in [7, 11) is 0. The molecule has 0 aliphatic heterocycles. The third kappa shape index (κ3) is 4.20. The molecule has 1 atom stereocenters. The molecule has 1 amide bonds. The number of carbonyl (C=O) groups is 2. The van der Waals surface area contributed by atoms with Crippen LogP contribution in [0.25, 0.3) is 0 Å². The Balaban J connectivity index is 2.07. The lowest BCUT2D eigenvalue weighted by Gasteiger charge is -2.16. The molecule has 2 aromatic rings. The number of hydrogen-bond acceptors (Lipinski definition) is 3. The monoisotopic (exact) mass is 393 g/mol. The van der Waals surface area contributed by atoms with Gasteiger partial charge in [-0.15, -0.1) is 0 Å². The zero-order valence-corrected chi connectivity index (χ0v) is 15.1. The molecule has 0 aromatic heterocycles. The quantitative estimate of drug-likeness (QED) is 0.783. The van der Waals surface area contributed by atoms with Crippen LogP contribution in [0.5, 0.6) is 0 Å². The molecule has 2 aromatic carbocycles. The lowest BCUT2D eigenvalue weighted by molar-refractivity contribution is -0.123. The highest BCUT2D eigenvalue weighted by Gasteiger charge is 2.21. The van der Waals surface area contributed by atoms with Gasteiger partial charge in [0, 0.05) is 10.2 Å². The van der Waals surface area contributed by atoms with E-state index < -0.39 is 23.8 Å². The number of rotatable bonds is 4. The average Bonchev–Trinajstić information content (AvgIpc) is 2.50. The predicted octanol–water partition coefficient (Wildman–Crippen LogP) is 4.39. The van der Waals surface area contributed by atoms with Crippen LogP contribution < -0.4 is 5.32 Å². The predicted molar refractivity (Wildman–Crippen MR) is 93.5 cm³/mol. The van der Waals surface area contributed by atoms with E-state index in [1.807, 2.05) is 32.0 Å². The van der Waals surface area contributed by atoms with Crippen molar-refractivity contribution >= 4 is 33.5 Å². The van der Waals surface area contributed by atoms with Crippen LogP contribution in [0.2, 0.25) is 0 Å². The van der Waals surface area contributed by atoms with Crippen LogP contribution in [-0.2, 0) is 9.53 Å². The van der Waals surface area contributed by atoms with Gasteiger partial charge in [-0.2, -0.15) is 0 Å². The Bertz CT molecular complexity index is 772. The molecule has 2 rings (SSSR count). The maximum absolute atomic E-state index is 13.1. The summed E-state index contributed by atoms with van der Waals surface area (Å²) in [5.74, 6) is -1.61. The molecule has 0 radical (unpaired) electrons. The summed E-state index contributed by atoms with van der Waals surface area (Å²) >= 11 is 3.11. The average molecular weight is 394 g/mol. The fourth-order valence-electron chi connectivity index (χ4n) is 2.17. The number of amides is 1. The van der Waals surface area contributed by atoms with Gasteiger partial charge in [0.15, 0.2) is 6.10 Å². The SMILES string of the molecule is Cc1cccc(C)c1NC(=O)C(C)OC(=O)c1ccc(F)cc1Br. The number of aryl methyl sites for hydroxylation is 2. The number of halogens is 2. The van der Waals surface area contributed by atoms with Gasteiger partial charge in [-0.3, -0.25) is 4.79 Å². The summed E-state index contributed by atoms with van der Waals surface area (Å²) in [6, 6.07) is 9.29. The Labute approximate surface area is 148 Å². The van der Waals surface area contributed by atoms with Gasteiger partial charge in [0.1, 0.15) is 5.82 Å². The lowest BCUT2D eigenvalue weighted by Crippen LogP contribution is -2.30. The van der Waals surface area contributed by atoms with E-state index in [1.165, 1.54) is 13.0 Å². The smallest absolute Gasteiger partial charge is 0.340 e. The minimum absolute atomic E-state index is 0.156. The fourth-order valence-corrected chi connectivity index (χ4v) is 2.68. The van der Waals surface area contributed by atoms with Crippen molar-refractivity contribution in [3.05, 3.63) is 63.4 Å². The van der Waals surface area contributed by atoms with Crippen LogP contribution in [0.4, 0.5) is 10.1 Å². The van der Waals surface area contributed by atoms with Gasteiger partial charge in [-0.25, -0.2) is 9.18 Å². The Morgan fingerprint density at radius 1 is 1.17 bits per heavy atom. The Morgan fingerprint density at radius 2 is 1.79 bits per heavy atom. The standard InChI is InChI=1S/C18H17BrFNO3/c1-10-5-4-6-11(2)16(10)21-17(22)12(3)24-18(23)14-8-7-13(20)9-15(14)19/h4-9,12H,1-3H3,(H,21,22). The first-order valence-electron chi connectivity index (χ1n) is 7.32. The number of ether oxygens (including phenoxy) is 1. The van der Waals surface area contributed by atoms with Crippen molar-refractivity contribution in [2.24, 2.45) is 0 Å². The van der Waals surface area contributed by atoms with Crippen molar-refractivity contribution < 1.29 is 18.7 Å². The van der Waals surface area contributed by atoms with Crippen LogP contribution in [0.3, 0.4) is 0 Å². The van der Waals surface area contributed by atoms with E-state index in [1.54, 1.807) is 0 Å². The fraction of sp³-hybridized carbons (Fsp3) is 0.222. The molecular formula is C18H17BrFNO3. The molecule has 0 aliphatic rings. The van der Waals surface area contributed by atoms with E-state index in [9.17, 15) is 14.0 Å². The molecule has 0 saturated heterocycles. The molecule has 0 spiro atoms. The van der Waals surface area contributed by atoms with Crippen molar-refractivity contribution in [3.63, 3.8) is 0 Å². The Hall–Kier alpha value is -2.21. The Kier molecular flexibility index (Phi) is 5.72. The molecule has 6 heteroatoms. The molecule has 0 aliphatic carbocycles. The second-order valence-corrected chi connectivity index (χ2v) is 6.28. The van der Waals surface area contributed by atoms with Gasteiger partial charge in [-0.05, 0) is 66.0 Å². The third-order valence-electron chi connectivity index (χ3n) is 3.53. The highest BCUT2D eigenvalue weighted by molar-refractivity contribution is 9.10. The van der Waals surface area contributed by atoms with Crippen molar-refractivity contribution in [2.45, 2.75) is 26.9 Å². The molecule has 1 unspecified atom stereocenters. The molecular weight excluding hydrogens is 377 g/mol. The van der Waals surface area contributed by atoms with Gasteiger partial charge >= 0.3 is 5.97 Å². The van der Waals surface area contributed by atoms with Gasteiger partial charge in [0.05, 0.1) is 5.56 Å². The van der Waals surface area contributed by atoms with Crippen molar-refractivity contribution in [1.29, 1.82) is 0 Å². The van der Waals surface area contributed by atoms with Crippen molar-refractivity contribution in [3.8, 4) is 0 Å². The summed E-state index contributed by atoms with van der Waals surface area (Å²) in [4.78, 5) is 24.4. The molecule has 0 saturated carbocycles. The van der Waals surface area contributed by atoms with Crippen LogP contribution in [0, 0.1) is 19.7 Å². The van der Waals surface area contributed by atoms with E-state index >= 15 is 0 Å². The van der Waals surface area contributed by atoms with E-state index in [2.05, 4.69) is 21.2 Å². The third-order valence-corrected chi connectivity index (χ3v) is 4.19. The highest BCUT2D eigenvalue weighted by atomic mass is 79.9. The van der Waals surface area contributed by atoms with Gasteiger partial charge in [-0.1, -0.05) is 18.2 Å². The second kappa shape index (κ2) is 7.57. The molecule has 0 heterocycles. The number of hydrogen-bond donors (Lipinski definition) is 1. The first kappa shape index (κ1) is 18.1.